The normalized spacial score (nSPS) is 14.5. The van der Waals surface area contributed by atoms with Crippen LogP contribution >= 0.6 is 19.2 Å². The highest BCUT2D eigenvalue weighted by Crippen LogP contribution is 2.64. The van der Waals surface area contributed by atoms with Gasteiger partial charge in [-0.05, 0) is 38.1 Å². The van der Waals surface area contributed by atoms with E-state index in [0.29, 0.717) is 5.75 Å². The van der Waals surface area contributed by atoms with Gasteiger partial charge in [0, 0.05) is 5.56 Å². The first-order valence-corrected chi connectivity index (χ1v) is 8.20. The summed E-state index contributed by atoms with van der Waals surface area (Å²) in [5.74, 6) is -0.694. The lowest BCUT2D eigenvalue weighted by molar-refractivity contribution is 0.0854. The van der Waals surface area contributed by atoms with Gasteiger partial charge in [-0.3, -0.25) is 9.36 Å². The van der Waals surface area contributed by atoms with E-state index in [1.165, 1.54) is 45.2 Å². The van der Waals surface area contributed by atoms with Crippen LogP contribution in [0.2, 0.25) is 0 Å². The van der Waals surface area contributed by atoms with Crippen molar-refractivity contribution < 1.29 is 27.5 Å². The van der Waals surface area contributed by atoms with Crippen LogP contribution < -0.4 is 4.74 Å². The molecule has 0 radical (unpaired) electrons. The van der Waals surface area contributed by atoms with E-state index in [1.54, 1.807) is 0 Å². The lowest BCUT2D eigenvalue weighted by Gasteiger charge is -2.25. The fraction of sp³-hybridized carbons (Fsp3) is 0.462. The quantitative estimate of drug-likeness (QED) is 0.407. The van der Waals surface area contributed by atoms with Crippen LogP contribution in [0, 0.1) is 0 Å². The van der Waals surface area contributed by atoms with Gasteiger partial charge in [0.2, 0.25) is 5.78 Å². The summed E-state index contributed by atoms with van der Waals surface area (Å²) in [5.41, 5.74) is -0.0621. The topological polar surface area (TPSA) is 61.8 Å². The molecule has 0 heterocycles. The predicted molar refractivity (Wildman–Crippen MR) is 77.9 cm³/mol. The second-order valence-electron chi connectivity index (χ2n) is 3.93. The number of alkyl halides is 2. The van der Waals surface area contributed by atoms with Crippen LogP contribution in [-0.4, -0.2) is 31.0 Å². The number of hydrogen-bond acceptors (Lipinski definition) is 5. The van der Waals surface area contributed by atoms with Crippen LogP contribution in [-0.2, 0) is 13.6 Å². The molecule has 0 aliphatic rings. The summed E-state index contributed by atoms with van der Waals surface area (Å²) in [4.78, 5) is 8.90. The molecule has 0 unspecified atom stereocenters. The van der Waals surface area contributed by atoms with Crippen LogP contribution in [0.3, 0.4) is 0 Å². The lowest BCUT2D eigenvalue weighted by atomic mass is 10.1. The van der Waals surface area contributed by atoms with Crippen molar-refractivity contribution in [2.24, 2.45) is 0 Å². The number of halogens is 2. The molecule has 0 saturated carbocycles. The Balaban J connectivity index is 3.13. The molecule has 8 heteroatoms. The third-order valence-corrected chi connectivity index (χ3v) is 5.45. The first-order chi connectivity index (χ1) is 9.82. The van der Waals surface area contributed by atoms with Gasteiger partial charge in [-0.2, -0.15) is 0 Å². The van der Waals surface area contributed by atoms with Crippen LogP contribution in [0.1, 0.15) is 24.2 Å². The van der Waals surface area contributed by atoms with Crippen molar-refractivity contribution in [1.82, 2.24) is 0 Å². The van der Waals surface area contributed by atoms with Gasteiger partial charge in [0.1, 0.15) is 5.75 Å². The highest BCUT2D eigenvalue weighted by Gasteiger charge is 2.57. The van der Waals surface area contributed by atoms with Gasteiger partial charge < -0.3 is 13.8 Å². The molecule has 1 rings (SSSR count). The zero-order chi connectivity index (χ0) is 16.1. The minimum atomic E-state index is -4.44. The fourth-order valence-corrected chi connectivity index (χ4v) is 3.44. The molecule has 1 aromatic carbocycles. The minimum Gasteiger partial charge on any atom is -0.497 e. The van der Waals surface area contributed by atoms with Crippen LogP contribution in [0.5, 0.6) is 5.75 Å². The second kappa shape index (κ2) is 7.36. The number of Topliss-reactive ketones (excluding diaryl/α,β-unsaturated/α-hetero) is 1. The van der Waals surface area contributed by atoms with E-state index in [-0.39, 0.29) is 18.8 Å². The Bertz CT molecular complexity index is 522. The van der Waals surface area contributed by atoms with E-state index in [1.807, 2.05) is 0 Å². The van der Waals surface area contributed by atoms with Gasteiger partial charge in [-0.25, -0.2) is 4.39 Å². The van der Waals surface area contributed by atoms with E-state index in [0.717, 1.165) is 0 Å². The Morgan fingerprint density at radius 3 is 2.10 bits per heavy atom. The average Bonchev–Trinajstić information content (AvgIpc) is 2.47. The van der Waals surface area contributed by atoms with Gasteiger partial charge in [0.05, 0.1) is 20.3 Å². The van der Waals surface area contributed by atoms with Crippen molar-refractivity contribution in [3.63, 3.8) is 0 Å². The van der Waals surface area contributed by atoms with Crippen LogP contribution in [0.25, 0.3) is 0 Å². The van der Waals surface area contributed by atoms with E-state index in [9.17, 15) is 13.8 Å². The summed E-state index contributed by atoms with van der Waals surface area (Å²) >= 11 is 5.60. The van der Waals surface area contributed by atoms with Crippen LogP contribution in [0.4, 0.5) is 4.39 Å². The number of ether oxygens (including phenoxy) is 1. The maximum absolute atomic E-state index is 14.6. The molecule has 0 N–H and O–H groups in total. The summed E-state index contributed by atoms with van der Waals surface area (Å²) in [6, 6.07) is 5.57. The second-order valence-corrected chi connectivity index (χ2v) is 6.84. The highest BCUT2D eigenvalue weighted by atomic mass is 35.5. The third-order valence-electron chi connectivity index (χ3n) is 2.57. The molecule has 118 valence electrons. The molecule has 5 nitrogen and oxygen atoms in total. The first-order valence-electron chi connectivity index (χ1n) is 6.28. The summed E-state index contributed by atoms with van der Waals surface area (Å²) in [6.45, 7) is 2.78. The standard InChI is InChI=1S/C13H17ClFO5P/c1-4-19-21(17,20-5-2)13(14,15)12(16)10-6-8-11(18-3)9-7-10/h6-9H,4-5H2,1-3H3/t13-/m0/s1. The smallest absolute Gasteiger partial charge is 0.391 e. The van der Waals surface area contributed by atoms with E-state index in [2.05, 4.69) is 0 Å². The van der Waals surface area contributed by atoms with Gasteiger partial charge >= 0.3 is 12.5 Å². The molecule has 0 saturated heterocycles. The van der Waals surface area contributed by atoms with Gasteiger partial charge in [-0.15, -0.1) is 0 Å². The van der Waals surface area contributed by atoms with Gasteiger partial charge in [0.15, 0.2) is 0 Å². The van der Waals surface area contributed by atoms with E-state index >= 15 is 0 Å². The minimum absolute atomic E-state index is 0.0621. The number of benzene rings is 1. The molecule has 0 fully saturated rings. The molecule has 0 aliphatic heterocycles. The third kappa shape index (κ3) is 3.83. The van der Waals surface area contributed by atoms with Gasteiger partial charge in [0.25, 0.3) is 0 Å². The molecule has 0 amide bonds. The maximum Gasteiger partial charge on any atom is 0.391 e. The molecule has 21 heavy (non-hydrogen) atoms. The highest BCUT2D eigenvalue weighted by molar-refractivity contribution is 7.58. The Morgan fingerprint density at radius 2 is 1.71 bits per heavy atom. The monoisotopic (exact) mass is 338 g/mol. The number of carbonyl (C=O) groups is 1. The molecular formula is C13H17ClFO5P. The molecule has 0 bridgehead atoms. The molecular weight excluding hydrogens is 322 g/mol. The molecule has 0 aromatic heterocycles. The van der Waals surface area contributed by atoms with Crippen molar-refractivity contribution in [1.29, 1.82) is 0 Å². The number of rotatable bonds is 8. The first kappa shape index (κ1) is 18.1. The number of methoxy groups -OCH3 is 1. The molecule has 1 aromatic rings. The SMILES string of the molecule is CCOP(=O)(OCC)[C@](F)(Cl)C(=O)c1ccc(OC)cc1. The zero-order valence-electron chi connectivity index (χ0n) is 12.0. The van der Waals surface area contributed by atoms with E-state index in [4.69, 9.17) is 25.4 Å². The molecule has 1 atom stereocenters. The molecule has 0 spiro atoms. The largest absolute Gasteiger partial charge is 0.497 e. The Labute approximate surface area is 127 Å². The summed E-state index contributed by atoms with van der Waals surface area (Å²) in [5, 5.41) is 0. The predicted octanol–water partition coefficient (Wildman–Crippen LogP) is 4.01. The number of hydrogen-bond donors (Lipinski definition) is 0. The maximum atomic E-state index is 14.6. The van der Waals surface area contributed by atoms with Gasteiger partial charge in [-0.1, -0.05) is 11.6 Å². The van der Waals surface area contributed by atoms with Crippen LogP contribution in [0.15, 0.2) is 24.3 Å². The Morgan fingerprint density at radius 1 is 1.24 bits per heavy atom. The summed E-state index contributed by atoms with van der Waals surface area (Å²) in [6.07, 6.45) is 0. The summed E-state index contributed by atoms with van der Waals surface area (Å²) in [7, 11) is -2.99. The van der Waals surface area contributed by atoms with E-state index < -0.39 is 18.2 Å². The molecule has 0 aliphatic carbocycles. The number of carbonyl (C=O) groups excluding carboxylic acids is 1. The van der Waals surface area contributed by atoms with Crippen molar-refractivity contribution in [3.05, 3.63) is 29.8 Å². The van der Waals surface area contributed by atoms with Crippen molar-refractivity contribution in [2.75, 3.05) is 20.3 Å². The lowest BCUT2D eigenvalue weighted by Crippen LogP contribution is -2.29. The Kier molecular flexibility index (Phi) is 6.35. The van der Waals surface area contributed by atoms with Crippen molar-refractivity contribution in [3.8, 4) is 5.75 Å². The number of ketones is 1. The summed E-state index contributed by atoms with van der Waals surface area (Å²) < 4.78 is 41.6. The fourth-order valence-electron chi connectivity index (χ4n) is 1.58. The average molecular weight is 339 g/mol. The zero-order valence-corrected chi connectivity index (χ0v) is 13.6. The van der Waals surface area contributed by atoms with Crippen molar-refractivity contribution >= 4 is 25.0 Å². The van der Waals surface area contributed by atoms with Crippen molar-refractivity contribution in [2.45, 2.75) is 18.7 Å². The Hall–Kier alpha value is -0.940.